The molecule has 33 heavy (non-hydrogen) atoms. The Morgan fingerprint density at radius 1 is 1.06 bits per heavy atom. The van der Waals surface area contributed by atoms with Gasteiger partial charge in [-0.15, -0.1) is 0 Å². The molecule has 4 rings (SSSR count). The van der Waals surface area contributed by atoms with Crippen molar-refractivity contribution in [1.82, 2.24) is 5.43 Å². The number of hydrogen-bond acceptors (Lipinski definition) is 5. The maximum atomic E-state index is 12.9. The number of anilines is 1. The van der Waals surface area contributed by atoms with Gasteiger partial charge in [0.1, 0.15) is 11.5 Å². The fourth-order valence-corrected chi connectivity index (χ4v) is 4.07. The highest BCUT2D eigenvalue weighted by molar-refractivity contribution is 6.42. The molecule has 7 nitrogen and oxygen atoms in total. The zero-order chi connectivity index (χ0) is 23.5. The van der Waals surface area contributed by atoms with Gasteiger partial charge in [-0.3, -0.25) is 9.59 Å². The number of benzene rings is 2. The fourth-order valence-electron chi connectivity index (χ4n) is 3.77. The van der Waals surface area contributed by atoms with Crippen molar-refractivity contribution in [3.05, 3.63) is 80.7 Å². The largest absolute Gasteiger partial charge is 0.496 e. The highest BCUT2D eigenvalue weighted by Gasteiger charge is 2.28. The Hall–Kier alpha value is -3.29. The molecule has 170 valence electrons. The van der Waals surface area contributed by atoms with Crippen LogP contribution in [0.3, 0.4) is 0 Å². The molecular formula is C24H21Cl2N3O4. The second kappa shape index (κ2) is 9.68. The maximum absolute atomic E-state index is 12.9. The molecule has 1 aromatic heterocycles. The zero-order valence-electron chi connectivity index (χ0n) is 18.0. The Morgan fingerprint density at radius 3 is 2.61 bits per heavy atom. The molecule has 0 spiro atoms. The molecule has 0 bridgehead atoms. The van der Waals surface area contributed by atoms with Crippen LogP contribution in [-0.4, -0.2) is 24.6 Å². The predicted molar refractivity (Wildman–Crippen MR) is 128 cm³/mol. The van der Waals surface area contributed by atoms with Crippen LogP contribution in [0.15, 0.2) is 52.0 Å². The van der Waals surface area contributed by atoms with Crippen molar-refractivity contribution < 1.29 is 18.7 Å². The van der Waals surface area contributed by atoms with E-state index in [4.69, 9.17) is 32.4 Å². The summed E-state index contributed by atoms with van der Waals surface area (Å²) in [6, 6.07) is 11.7. The van der Waals surface area contributed by atoms with E-state index in [0.717, 1.165) is 12.0 Å². The number of amides is 2. The van der Waals surface area contributed by atoms with E-state index in [1.165, 1.54) is 7.11 Å². The molecule has 1 aliphatic carbocycles. The number of hydrazone groups is 1. The summed E-state index contributed by atoms with van der Waals surface area (Å²) in [4.78, 5) is 25.5. The van der Waals surface area contributed by atoms with Crippen molar-refractivity contribution in [2.45, 2.75) is 26.2 Å². The molecule has 0 saturated carbocycles. The molecule has 0 radical (unpaired) electrons. The third-order valence-electron chi connectivity index (χ3n) is 5.35. The van der Waals surface area contributed by atoms with Crippen molar-refractivity contribution in [2.75, 3.05) is 12.4 Å². The Labute approximate surface area is 200 Å². The first-order valence-electron chi connectivity index (χ1n) is 10.3. The number of halogens is 2. The number of aryl methyl sites for hydroxylation is 1. The van der Waals surface area contributed by atoms with Crippen LogP contribution < -0.4 is 15.5 Å². The molecule has 1 aliphatic rings. The minimum Gasteiger partial charge on any atom is -0.496 e. The standard InChI is InChI=1S/C24H21Cl2N3O4/c1-13-21-18(28-29-23(30)15-6-3-4-8-19(15)32-2)7-5-9-20(21)33-22(13)24(31)27-14-10-11-16(25)17(26)12-14/h3-4,6,8,10-12H,5,7,9H2,1-2H3,(H,27,31)(H,29,30)/b28-18+. The molecule has 0 aliphatic heterocycles. The number of nitrogens with zero attached hydrogens (tertiary/aromatic N) is 1. The molecule has 1 heterocycles. The summed E-state index contributed by atoms with van der Waals surface area (Å²) >= 11 is 12.0. The van der Waals surface area contributed by atoms with Gasteiger partial charge in [-0.05, 0) is 50.1 Å². The fraction of sp³-hybridized carbons (Fsp3) is 0.208. The number of nitrogens with one attached hydrogen (secondary N) is 2. The van der Waals surface area contributed by atoms with Crippen molar-refractivity contribution >= 4 is 46.4 Å². The quantitative estimate of drug-likeness (QED) is 0.458. The lowest BCUT2D eigenvalue weighted by atomic mass is 9.93. The van der Waals surface area contributed by atoms with Gasteiger partial charge in [0, 0.05) is 23.2 Å². The zero-order valence-corrected chi connectivity index (χ0v) is 19.5. The predicted octanol–water partition coefficient (Wildman–Crippen LogP) is 5.63. The van der Waals surface area contributed by atoms with Gasteiger partial charge in [-0.2, -0.15) is 5.10 Å². The van der Waals surface area contributed by atoms with Crippen LogP contribution in [0.2, 0.25) is 10.0 Å². The minimum atomic E-state index is -0.405. The van der Waals surface area contributed by atoms with Gasteiger partial charge >= 0.3 is 0 Å². The first-order chi connectivity index (χ1) is 15.9. The second-order valence-electron chi connectivity index (χ2n) is 7.49. The van der Waals surface area contributed by atoms with Gasteiger partial charge in [0.25, 0.3) is 11.8 Å². The minimum absolute atomic E-state index is 0.191. The molecule has 0 fully saturated rings. The first-order valence-corrected chi connectivity index (χ1v) is 11.0. The van der Waals surface area contributed by atoms with Crippen molar-refractivity contribution in [2.24, 2.45) is 5.10 Å². The van der Waals surface area contributed by atoms with Gasteiger partial charge in [-0.1, -0.05) is 35.3 Å². The van der Waals surface area contributed by atoms with E-state index in [1.807, 2.05) is 0 Å². The average Bonchev–Trinajstić information content (AvgIpc) is 3.17. The summed E-state index contributed by atoms with van der Waals surface area (Å²) in [5.41, 5.74) is 5.55. The number of methoxy groups -OCH3 is 1. The number of furan rings is 1. The molecule has 2 amide bonds. The molecule has 2 aromatic carbocycles. The topological polar surface area (TPSA) is 92.9 Å². The Balaban J connectivity index is 1.57. The summed E-state index contributed by atoms with van der Waals surface area (Å²) in [7, 11) is 1.50. The van der Waals surface area contributed by atoms with Gasteiger partial charge in [0.2, 0.25) is 0 Å². The van der Waals surface area contributed by atoms with Gasteiger partial charge in [0.05, 0.1) is 28.4 Å². The van der Waals surface area contributed by atoms with E-state index in [1.54, 1.807) is 49.4 Å². The number of ether oxygens (including phenoxy) is 1. The van der Waals surface area contributed by atoms with E-state index in [9.17, 15) is 9.59 Å². The highest BCUT2D eigenvalue weighted by atomic mass is 35.5. The number of para-hydroxylation sites is 1. The van der Waals surface area contributed by atoms with E-state index in [-0.39, 0.29) is 11.7 Å². The van der Waals surface area contributed by atoms with Crippen molar-refractivity contribution in [3.8, 4) is 5.75 Å². The normalized spacial score (nSPS) is 14.0. The van der Waals surface area contributed by atoms with Crippen molar-refractivity contribution in [1.29, 1.82) is 0 Å². The van der Waals surface area contributed by atoms with Crippen LogP contribution in [-0.2, 0) is 6.42 Å². The van der Waals surface area contributed by atoms with Crippen LogP contribution in [0.4, 0.5) is 5.69 Å². The van der Waals surface area contributed by atoms with E-state index in [0.29, 0.717) is 56.9 Å². The number of fused-ring (bicyclic) bond motifs is 1. The summed E-state index contributed by atoms with van der Waals surface area (Å²) in [5, 5.41) is 7.87. The van der Waals surface area contributed by atoms with Gasteiger partial charge < -0.3 is 14.5 Å². The van der Waals surface area contributed by atoms with E-state index < -0.39 is 5.91 Å². The van der Waals surface area contributed by atoms with Crippen LogP contribution >= 0.6 is 23.2 Å². The van der Waals surface area contributed by atoms with Crippen molar-refractivity contribution in [3.63, 3.8) is 0 Å². The summed E-state index contributed by atoms with van der Waals surface area (Å²) in [5.74, 6) is 0.531. The number of rotatable bonds is 5. The molecule has 0 atom stereocenters. The summed E-state index contributed by atoms with van der Waals surface area (Å²) < 4.78 is 11.1. The van der Waals surface area contributed by atoms with Gasteiger partial charge in [-0.25, -0.2) is 5.43 Å². The third kappa shape index (κ3) is 4.74. The Morgan fingerprint density at radius 2 is 1.85 bits per heavy atom. The lowest BCUT2D eigenvalue weighted by molar-refractivity contribution is 0.0950. The molecule has 0 saturated heterocycles. The summed E-state index contributed by atoms with van der Waals surface area (Å²) in [6.45, 7) is 1.80. The highest BCUT2D eigenvalue weighted by Crippen LogP contribution is 2.31. The second-order valence-corrected chi connectivity index (χ2v) is 8.31. The molecule has 2 N–H and O–H groups in total. The van der Waals surface area contributed by atoms with Crippen LogP contribution in [0.5, 0.6) is 5.75 Å². The van der Waals surface area contributed by atoms with Crippen LogP contribution in [0.25, 0.3) is 0 Å². The van der Waals surface area contributed by atoms with E-state index >= 15 is 0 Å². The lowest BCUT2D eigenvalue weighted by Gasteiger charge is -2.14. The first kappa shape index (κ1) is 22.9. The summed E-state index contributed by atoms with van der Waals surface area (Å²) in [6.07, 6.45) is 2.11. The molecule has 9 heteroatoms. The molecule has 3 aromatic rings. The lowest BCUT2D eigenvalue weighted by Crippen LogP contribution is -2.22. The smallest absolute Gasteiger partial charge is 0.291 e. The SMILES string of the molecule is COc1ccccc1C(=O)N/N=C1\CCCc2oc(C(=O)Nc3ccc(Cl)c(Cl)c3)c(C)c21. The number of hydrogen-bond donors (Lipinski definition) is 2. The van der Waals surface area contributed by atoms with E-state index in [2.05, 4.69) is 15.8 Å². The van der Waals surface area contributed by atoms with Crippen LogP contribution in [0, 0.1) is 6.92 Å². The molecular weight excluding hydrogens is 465 g/mol. The van der Waals surface area contributed by atoms with Gasteiger partial charge in [0.15, 0.2) is 5.76 Å². The number of carbonyl (C=O) groups is 2. The third-order valence-corrected chi connectivity index (χ3v) is 6.09. The van der Waals surface area contributed by atoms with Crippen LogP contribution in [0.1, 0.15) is 50.6 Å². The monoisotopic (exact) mass is 485 g/mol. The molecule has 0 unspecified atom stereocenters. The maximum Gasteiger partial charge on any atom is 0.291 e. The average molecular weight is 486 g/mol. The Bertz CT molecular complexity index is 1270. The Kier molecular flexibility index (Phi) is 6.72. The number of carbonyl (C=O) groups excluding carboxylic acids is 2.